The molecule has 7 nitrogen and oxygen atoms in total. The van der Waals surface area contributed by atoms with Crippen molar-refractivity contribution in [2.75, 3.05) is 11.9 Å². The average Bonchev–Trinajstić information content (AvgIpc) is 3.13. The standard InChI is InChI=1S/C20H23N5O2/c1-14-9-10-15(2)17(13-14)27-12-6-4-8-18(26)22-20-23-19(24-25-20)16-7-3-5-11-21-16/h3,5,7,9-11,13H,4,6,8,12H2,1-2H3,(H2,22,23,24,25,26). The Morgan fingerprint density at radius 1 is 1.19 bits per heavy atom. The molecule has 0 saturated carbocycles. The smallest absolute Gasteiger partial charge is 0.249 e. The molecule has 0 radical (unpaired) electrons. The first-order chi connectivity index (χ1) is 13.1. The first kappa shape index (κ1) is 18.6. The Morgan fingerprint density at radius 2 is 2.07 bits per heavy atom. The fraction of sp³-hybridized carbons (Fsp3) is 0.300. The number of H-pyrrole nitrogens is 1. The van der Waals surface area contributed by atoms with Crippen molar-refractivity contribution < 1.29 is 9.53 Å². The quantitative estimate of drug-likeness (QED) is 0.594. The molecular formula is C20H23N5O2. The number of nitrogens with zero attached hydrogens (tertiary/aromatic N) is 3. The molecule has 27 heavy (non-hydrogen) atoms. The van der Waals surface area contributed by atoms with Gasteiger partial charge < -0.3 is 4.74 Å². The van der Waals surface area contributed by atoms with Gasteiger partial charge in [-0.3, -0.25) is 20.2 Å². The van der Waals surface area contributed by atoms with Crippen molar-refractivity contribution in [1.82, 2.24) is 20.2 Å². The van der Waals surface area contributed by atoms with E-state index < -0.39 is 0 Å². The summed E-state index contributed by atoms with van der Waals surface area (Å²) in [5, 5.41) is 9.47. The first-order valence-electron chi connectivity index (χ1n) is 8.95. The second-order valence-corrected chi connectivity index (χ2v) is 6.35. The predicted octanol–water partition coefficient (Wildman–Crippen LogP) is 3.67. The largest absolute Gasteiger partial charge is 0.493 e. The lowest BCUT2D eigenvalue weighted by Gasteiger charge is -2.09. The van der Waals surface area contributed by atoms with E-state index in [0.717, 1.165) is 24.2 Å². The number of pyridine rings is 1. The summed E-state index contributed by atoms with van der Waals surface area (Å²) < 4.78 is 5.80. The number of anilines is 1. The molecule has 0 atom stereocenters. The van der Waals surface area contributed by atoms with Crippen LogP contribution >= 0.6 is 0 Å². The van der Waals surface area contributed by atoms with Crippen molar-refractivity contribution in [2.24, 2.45) is 0 Å². The van der Waals surface area contributed by atoms with Crippen molar-refractivity contribution in [2.45, 2.75) is 33.1 Å². The molecule has 140 valence electrons. The molecule has 2 heterocycles. The highest BCUT2D eigenvalue weighted by Gasteiger charge is 2.09. The Labute approximate surface area is 158 Å². The van der Waals surface area contributed by atoms with E-state index in [1.54, 1.807) is 6.20 Å². The molecule has 2 aromatic heterocycles. The van der Waals surface area contributed by atoms with E-state index in [0.29, 0.717) is 24.5 Å². The van der Waals surface area contributed by atoms with Gasteiger partial charge in [0.2, 0.25) is 11.9 Å². The summed E-state index contributed by atoms with van der Waals surface area (Å²) >= 11 is 0. The van der Waals surface area contributed by atoms with Crippen LogP contribution in [-0.2, 0) is 4.79 Å². The number of amides is 1. The summed E-state index contributed by atoms with van der Waals surface area (Å²) in [5.74, 6) is 1.57. The molecule has 1 aromatic carbocycles. The molecule has 0 fully saturated rings. The zero-order chi connectivity index (χ0) is 19.1. The van der Waals surface area contributed by atoms with Gasteiger partial charge in [0.15, 0.2) is 5.82 Å². The number of benzene rings is 1. The number of aryl methyl sites for hydroxylation is 2. The van der Waals surface area contributed by atoms with Gasteiger partial charge in [-0.05, 0) is 56.0 Å². The maximum atomic E-state index is 12.0. The van der Waals surface area contributed by atoms with Gasteiger partial charge in [-0.1, -0.05) is 18.2 Å². The number of nitrogens with one attached hydrogen (secondary N) is 2. The van der Waals surface area contributed by atoms with E-state index in [-0.39, 0.29) is 11.9 Å². The van der Waals surface area contributed by atoms with Crippen molar-refractivity contribution >= 4 is 11.9 Å². The highest BCUT2D eigenvalue weighted by atomic mass is 16.5. The van der Waals surface area contributed by atoms with Crippen molar-refractivity contribution in [1.29, 1.82) is 0 Å². The second kappa shape index (κ2) is 8.93. The fourth-order valence-electron chi connectivity index (χ4n) is 2.55. The molecule has 3 aromatic rings. The Bertz CT molecular complexity index is 892. The lowest BCUT2D eigenvalue weighted by atomic mass is 10.1. The zero-order valence-electron chi connectivity index (χ0n) is 15.5. The van der Waals surface area contributed by atoms with E-state index in [1.165, 1.54) is 5.56 Å². The van der Waals surface area contributed by atoms with Crippen LogP contribution in [0.15, 0.2) is 42.6 Å². The highest BCUT2D eigenvalue weighted by Crippen LogP contribution is 2.19. The molecule has 0 unspecified atom stereocenters. The number of unbranched alkanes of at least 4 members (excludes halogenated alkanes) is 1. The number of aromatic nitrogens is 4. The average molecular weight is 365 g/mol. The minimum atomic E-state index is -0.117. The molecule has 0 aliphatic carbocycles. The van der Waals surface area contributed by atoms with Gasteiger partial charge in [0.25, 0.3) is 0 Å². The summed E-state index contributed by atoms with van der Waals surface area (Å²) in [7, 11) is 0. The van der Waals surface area contributed by atoms with E-state index in [4.69, 9.17) is 4.74 Å². The van der Waals surface area contributed by atoms with Crippen LogP contribution in [0.25, 0.3) is 11.5 Å². The molecule has 0 aliphatic heterocycles. The van der Waals surface area contributed by atoms with Crippen LogP contribution in [0.2, 0.25) is 0 Å². The SMILES string of the molecule is Cc1ccc(C)c(OCCCCC(=O)Nc2n[nH]c(-c3ccccn3)n2)c1. The van der Waals surface area contributed by atoms with E-state index >= 15 is 0 Å². The normalized spacial score (nSPS) is 10.6. The molecular weight excluding hydrogens is 342 g/mol. The summed E-state index contributed by atoms with van der Waals surface area (Å²) in [4.78, 5) is 20.5. The molecule has 0 spiro atoms. The maximum absolute atomic E-state index is 12.0. The van der Waals surface area contributed by atoms with Gasteiger partial charge in [0, 0.05) is 12.6 Å². The van der Waals surface area contributed by atoms with Crippen LogP contribution in [0.3, 0.4) is 0 Å². The first-order valence-corrected chi connectivity index (χ1v) is 8.95. The maximum Gasteiger partial charge on any atom is 0.249 e. The highest BCUT2D eigenvalue weighted by molar-refractivity contribution is 5.89. The van der Waals surface area contributed by atoms with Crippen molar-refractivity contribution in [3.8, 4) is 17.3 Å². The number of rotatable bonds is 8. The molecule has 0 saturated heterocycles. The van der Waals surface area contributed by atoms with Crippen LogP contribution in [-0.4, -0.2) is 32.7 Å². The Balaban J connectivity index is 1.39. The Hall–Kier alpha value is -3.22. The Kier molecular flexibility index (Phi) is 6.14. The number of aromatic amines is 1. The topological polar surface area (TPSA) is 92.8 Å². The molecule has 2 N–H and O–H groups in total. The van der Waals surface area contributed by atoms with Crippen molar-refractivity contribution in [3.63, 3.8) is 0 Å². The monoisotopic (exact) mass is 365 g/mol. The van der Waals surface area contributed by atoms with Crippen LogP contribution in [0.5, 0.6) is 5.75 Å². The summed E-state index contributed by atoms with van der Waals surface area (Å²) in [6.45, 7) is 4.65. The number of carbonyl (C=O) groups excluding carboxylic acids is 1. The van der Waals surface area contributed by atoms with Crippen LogP contribution < -0.4 is 10.1 Å². The third-order valence-electron chi connectivity index (χ3n) is 4.04. The second-order valence-electron chi connectivity index (χ2n) is 6.35. The summed E-state index contributed by atoms with van der Waals surface area (Å²) in [6.07, 6.45) is 3.60. The van der Waals surface area contributed by atoms with Gasteiger partial charge in [0.1, 0.15) is 11.4 Å². The molecule has 0 aliphatic rings. The van der Waals surface area contributed by atoms with Crippen LogP contribution in [0, 0.1) is 13.8 Å². The lowest BCUT2D eigenvalue weighted by Crippen LogP contribution is -2.12. The van der Waals surface area contributed by atoms with Crippen LogP contribution in [0.4, 0.5) is 5.95 Å². The number of hydrogen-bond acceptors (Lipinski definition) is 5. The third kappa shape index (κ3) is 5.37. The summed E-state index contributed by atoms with van der Waals surface area (Å²) in [5.41, 5.74) is 2.97. The Morgan fingerprint density at radius 3 is 2.89 bits per heavy atom. The fourth-order valence-corrected chi connectivity index (χ4v) is 2.55. The molecule has 0 bridgehead atoms. The minimum absolute atomic E-state index is 0.117. The number of ether oxygens (including phenoxy) is 1. The van der Waals surface area contributed by atoms with Gasteiger partial charge in [0.05, 0.1) is 6.61 Å². The van der Waals surface area contributed by atoms with Crippen molar-refractivity contribution in [3.05, 3.63) is 53.7 Å². The van der Waals surface area contributed by atoms with Gasteiger partial charge in [-0.25, -0.2) is 0 Å². The number of hydrogen-bond donors (Lipinski definition) is 2. The molecule has 7 heteroatoms. The van der Waals surface area contributed by atoms with E-state index in [1.807, 2.05) is 44.2 Å². The molecule has 1 amide bonds. The van der Waals surface area contributed by atoms with Gasteiger partial charge >= 0.3 is 0 Å². The van der Waals surface area contributed by atoms with E-state index in [9.17, 15) is 4.79 Å². The molecule has 3 rings (SSSR count). The minimum Gasteiger partial charge on any atom is -0.493 e. The van der Waals surface area contributed by atoms with Gasteiger partial charge in [-0.15, -0.1) is 5.10 Å². The predicted molar refractivity (Wildman–Crippen MR) is 104 cm³/mol. The lowest BCUT2D eigenvalue weighted by molar-refractivity contribution is -0.116. The van der Waals surface area contributed by atoms with Crippen LogP contribution in [0.1, 0.15) is 30.4 Å². The summed E-state index contributed by atoms with van der Waals surface area (Å²) in [6, 6.07) is 11.7. The van der Waals surface area contributed by atoms with Gasteiger partial charge in [-0.2, -0.15) is 4.98 Å². The third-order valence-corrected chi connectivity index (χ3v) is 4.04. The zero-order valence-corrected chi connectivity index (χ0v) is 15.5. The van der Waals surface area contributed by atoms with E-state index in [2.05, 4.69) is 31.5 Å². The number of carbonyl (C=O) groups is 1.